The van der Waals surface area contributed by atoms with E-state index in [1.54, 1.807) is 61.7 Å². The van der Waals surface area contributed by atoms with Gasteiger partial charge in [0.1, 0.15) is 12.4 Å². The Morgan fingerprint density at radius 1 is 0.933 bits per heavy atom. The van der Waals surface area contributed by atoms with Gasteiger partial charge in [0.25, 0.3) is 0 Å². The van der Waals surface area contributed by atoms with Crippen LogP contribution < -0.4 is 14.2 Å². The number of rotatable bonds is 8. The molecule has 6 heteroatoms. The van der Waals surface area contributed by atoms with Gasteiger partial charge >= 0.3 is 0 Å². The zero-order valence-corrected chi connectivity index (χ0v) is 18.0. The van der Waals surface area contributed by atoms with Gasteiger partial charge in [-0.05, 0) is 65.7 Å². The summed E-state index contributed by atoms with van der Waals surface area (Å²) in [6.07, 6.45) is 3.17. The lowest BCUT2D eigenvalue weighted by molar-refractivity contribution is 0.104. The predicted octanol–water partition coefficient (Wildman–Crippen LogP) is 6.49. The van der Waals surface area contributed by atoms with Crippen LogP contribution in [0.1, 0.15) is 21.5 Å². The van der Waals surface area contributed by atoms with Gasteiger partial charge < -0.3 is 14.2 Å². The Bertz CT molecular complexity index is 1040. The topological polar surface area (TPSA) is 44.8 Å². The van der Waals surface area contributed by atoms with Crippen LogP contribution in [0, 0.1) is 0 Å². The molecule has 3 rings (SSSR count). The molecule has 0 fully saturated rings. The van der Waals surface area contributed by atoms with Gasteiger partial charge in [0.05, 0.1) is 19.2 Å². The summed E-state index contributed by atoms with van der Waals surface area (Å²) in [5.74, 6) is 1.48. The maximum Gasteiger partial charge on any atom is 0.185 e. The predicted molar refractivity (Wildman–Crippen MR) is 120 cm³/mol. The Balaban J connectivity index is 1.74. The molecule has 30 heavy (non-hydrogen) atoms. The molecule has 0 aliphatic carbocycles. The van der Waals surface area contributed by atoms with Crippen molar-refractivity contribution in [3.05, 3.63) is 93.5 Å². The fourth-order valence-electron chi connectivity index (χ4n) is 2.74. The van der Waals surface area contributed by atoms with Gasteiger partial charge in [0.2, 0.25) is 0 Å². The van der Waals surface area contributed by atoms with E-state index in [1.807, 2.05) is 12.1 Å². The second kappa shape index (κ2) is 10.2. The third-order valence-corrected chi connectivity index (χ3v) is 4.88. The number of ether oxygens (including phenoxy) is 3. The number of ketones is 1. The Morgan fingerprint density at radius 2 is 1.63 bits per heavy atom. The van der Waals surface area contributed by atoms with Gasteiger partial charge in [-0.25, -0.2) is 0 Å². The largest absolute Gasteiger partial charge is 0.497 e. The van der Waals surface area contributed by atoms with Crippen molar-refractivity contribution in [2.24, 2.45) is 0 Å². The van der Waals surface area contributed by atoms with Crippen LogP contribution in [0.4, 0.5) is 0 Å². The molecular formula is C24H20Cl2O4. The quantitative estimate of drug-likeness (QED) is 0.295. The van der Waals surface area contributed by atoms with Crippen molar-refractivity contribution in [2.75, 3.05) is 14.2 Å². The fraction of sp³-hybridized carbons (Fsp3) is 0.125. The lowest BCUT2D eigenvalue weighted by Gasteiger charge is -2.13. The monoisotopic (exact) mass is 442 g/mol. The molecule has 0 amide bonds. The molecule has 0 saturated carbocycles. The Morgan fingerprint density at radius 3 is 2.27 bits per heavy atom. The van der Waals surface area contributed by atoms with Crippen molar-refractivity contribution >= 4 is 35.1 Å². The maximum absolute atomic E-state index is 12.4. The molecule has 4 nitrogen and oxygen atoms in total. The van der Waals surface area contributed by atoms with E-state index in [9.17, 15) is 4.79 Å². The number of hydrogen-bond donors (Lipinski definition) is 0. The van der Waals surface area contributed by atoms with E-state index < -0.39 is 0 Å². The molecule has 0 saturated heterocycles. The van der Waals surface area contributed by atoms with Crippen LogP contribution in [0.3, 0.4) is 0 Å². The van der Waals surface area contributed by atoms with Crippen molar-refractivity contribution in [3.8, 4) is 17.2 Å². The van der Waals surface area contributed by atoms with Crippen LogP contribution >= 0.6 is 23.2 Å². The highest BCUT2D eigenvalue weighted by molar-refractivity contribution is 6.32. The van der Waals surface area contributed by atoms with Crippen LogP contribution in [0.25, 0.3) is 6.08 Å². The summed E-state index contributed by atoms with van der Waals surface area (Å²) in [6.45, 7) is 0.318. The fourth-order valence-corrected chi connectivity index (χ4v) is 3.14. The van der Waals surface area contributed by atoms with E-state index in [1.165, 1.54) is 13.2 Å². The van der Waals surface area contributed by atoms with Crippen molar-refractivity contribution in [1.82, 2.24) is 0 Å². The summed E-state index contributed by atoms with van der Waals surface area (Å²) in [5.41, 5.74) is 2.23. The summed E-state index contributed by atoms with van der Waals surface area (Å²) in [6, 6.07) is 17.8. The summed E-state index contributed by atoms with van der Waals surface area (Å²) >= 11 is 12.3. The SMILES string of the molecule is COc1ccc(C(=O)/C=C/c2cc(Cl)c(OCc3ccc(Cl)cc3)c(OC)c2)cc1. The number of carbonyl (C=O) groups excluding carboxylic acids is 1. The van der Waals surface area contributed by atoms with Gasteiger partial charge in [-0.1, -0.05) is 41.4 Å². The molecule has 154 valence electrons. The molecule has 0 aromatic heterocycles. The van der Waals surface area contributed by atoms with Crippen LogP contribution in [0.5, 0.6) is 17.2 Å². The van der Waals surface area contributed by atoms with E-state index in [0.717, 1.165) is 11.1 Å². The second-order valence-corrected chi connectivity index (χ2v) is 7.22. The number of allylic oxidation sites excluding steroid dienone is 1. The minimum absolute atomic E-state index is 0.129. The van der Waals surface area contributed by atoms with E-state index in [2.05, 4.69) is 0 Å². The highest BCUT2D eigenvalue weighted by Gasteiger charge is 2.12. The van der Waals surface area contributed by atoms with Crippen molar-refractivity contribution in [3.63, 3.8) is 0 Å². The van der Waals surface area contributed by atoms with E-state index in [0.29, 0.717) is 39.5 Å². The summed E-state index contributed by atoms with van der Waals surface area (Å²) in [4.78, 5) is 12.4. The highest BCUT2D eigenvalue weighted by atomic mass is 35.5. The molecule has 0 radical (unpaired) electrons. The first kappa shape index (κ1) is 21.8. The molecule has 0 atom stereocenters. The minimum atomic E-state index is -0.129. The zero-order chi connectivity index (χ0) is 21.5. The zero-order valence-electron chi connectivity index (χ0n) is 16.5. The molecule has 0 spiro atoms. The maximum atomic E-state index is 12.4. The average molecular weight is 443 g/mol. The first-order valence-corrected chi connectivity index (χ1v) is 9.87. The molecule has 0 aliphatic heterocycles. The molecular weight excluding hydrogens is 423 g/mol. The van der Waals surface area contributed by atoms with E-state index >= 15 is 0 Å². The number of methoxy groups -OCH3 is 2. The molecule has 0 aliphatic rings. The average Bonchev–Trinajstić information content (AvgIpc) is 2.77. The molecule has 3 aromatic carbocycles. The number of benzene rings is 3. The van der Waals surface area contributed by atoms with Gasteiger partial charge in [-0.2, -0.15) is 0 Å². The van der Waals surface area contributed by atoms with Crippen LogP contribution in [-0.2, 0) is 6.61 Å². The van der Waals surface area contributed by atoms with Crippen LogP contribution in [-0.4, -0.2) is 20.0 Å². The van der Waals surface area contributed by atoms with Gasteiger partial charge in [-0.15, -0.1) is 0 Å². The van der Waals surface area contributed by atoms with Crippen molar-refractivity contribution in [1.29, 1.82) is 0 Å². The molecule has 0 unspecified atom stereocenters. The van der Waals surface area contributed by atoms with Gasteiger partial charge in [0.15, 0.2) is 17.3 Å². The minimum Gasteiger partial charge on any atom is -0.497 e. The molecule has 3 aromatic rings. The number of hydrogen-bond acceptors (Lipinski definition) is 4. The third kappa shape index (κ3) is 5.56. The normalized spacial score (nSPS) is 10.8. The summed E-state index contributed by atoms with van der Waals surface area (Å²) < 4.78 is 16.4. The van der Waals surface area contributed by atoms with Crippen molar-refractivity contribution < 1.29 is 19.0 Å². The van der Waals surface area contributed by atoms with E-state index in [4.69, 9.17) is 37.4 Å². The summed E-state index contributed by atoms with van der Waals surface area (Å²) in [7, 11) is 3.12. The number of carbonyl (C=O) groups is 1. The standard InChI is InChI=1S/C24H20Cl2O4/c1-28-20-10-6-18(7-11-20)22(27)12-5-17-13-21(26)24(23(14-17)29-2)30-15-16-3-8-19(25)9-4-16/h3-14H,15H2,1-2H3/b12-5+. The lowest BCUT2D eigenvalue weighted by atomic mass is 10.1. The lowest BCUT2D eigenvalue weighted by Crippen LogP contribution is -1.99. The van der Waals surface area contributed by atoms with Crippen molar-refractivity contribution in [2.45, 2.75) is 6.61 Å². The third-order valence-electron chi connectivity index (χ3n) is 4.35. The Hall–Kier alpha value is -2.95. The highest BCUT2D eigenvalue weighted by Crippen LogP contribution is 2.37. The summed E-state index contributed by atoms with van der Waals surface area (Å²) in [5, 5.41) is 1.05. The van der Waals surface area contributed by atoms with E-state index in [-0.39, 0.29) is 5.78 Å². The van der Waals surface area contributed by atoms with Crippen LogP contribution in [0.15, 0.2) is 66.7 Å². The first-order valence-electron chi connectivity index (χ1n) is 9.11. The number of halogens is 2. The molecule has 0 heterocycles. The van der Waals surface area contributed by atoms with Gasteiger partial charge in [0, 0.05) is 10.6 Å². The van der Waals surface area contributed by atoms with Crippen LogP contribution in [0.2, 0.25) is 10.0 Å². The molecule has 0 bridgehead atoms. The first-order chi connectivity index (χ1) is 14.5. The Kier molecular flexibility index (Phi) is 7.39. The van der Waals surface area contributed by atoms with Gasteiger partial charge in [-0.3, -0.25) is 4.79 Å². The second-order valence-electron chi connectivity index (χ2n) is 6.38. The Labute approximate surface area is 185 Å². The molecule has 0 N–H and O–H groups in total. The smallest absolute Gasteiger partial charge is 0.185 e.